The van der Waals surface area contributed by atoms with Gasteiger partial charge >= 0.3 is 5.97 Å². The normalized spacial score (nSPS) is 13.5. The molecule has 1 rings (SSSR count). The van der Waals surface area contributed by atoms with E-state index in [0.717, 1.165) is 0 Å². The summed E-state index contributed by atoms with van der Waals surface area (Å²) in [6.45, 7) is 5.56. The fraction of sp³-hybridized carbons (Fsp3) is 0.462. The van der Waals surface area contributed by atoms with Crippen LogP contribution in [0.2, 0.25) is 0 Å². The summed E-state index contributed by atoms with van der Waals surface area (Å²) in [5.74, 6) is -1.79. The molecule has 0 heterocycles. The van der Waals surface area contributed by atoms with E-state index in [9.17, 15) is 9.18 Å². The third kappa shape index (κ3) is 3.05. The highest BCUT2D eigenvalue weighted by atomic mass is 19.1. The van der Waals surface area contributed by atoms with Crippen LogP contribution in [-0.2, 0) is 11.2 Å². The fourth-order valence-electron chi connectivity index (χ4n) is 1.65. The Morgan fingerprint density at radius 2 is 1.94 bits per heavy atom. The third-order valence-corrected chi connectivity index (χ3v) is 2.73. The summed E-state index contributed by atoms with van der Waals surface area (Å²) in [5.41, 5.74) is 0.0820. The van der Waals surface area contributed by atoms with E-state index in [4.69, 9.17) is 5.11 Å². The number of halogens is 1. The molecular weight excluding hydrogens is 207 g/mol. The van der Waals surface area contributed by atoms with Crippen LogP contribution in [0, 0.1) is 17.2 Å². The third-order valence-electron chi connectivity index (χ3n) is 2.73. The Morgan fingerprint density at radius 3 is 2.38 bits per heavy atom. The van der Waals surface area contributed by atoms with Crippen molar-refractivity contribution in [1.29, 1.82) is 0 Å². The molecule has 1 unspecified atom stereocenters. The van der Waals surface area contributed by atoms with Crippen molar-refractivity contribution in [2.45, 2.75) is 27.2 Å². The lowest BCUT2D eigenvalue weighted by Crippen LogP contribution is -2.30. The van der Waals surface area contributed by atoms with Crippen molar-refractivity contribution in [2.24, 2.45) is 11.3 Å². The maximum Gasteiger partial charge on any atom is 0.307 e. The van der Waals surface area contributed by atoms with Gasteiger partial charge in [0.05, 0.1) is 5.92 Å². The molecule has 88 valence electrons. The number of carboxylic acids is 1. The van der Waals surface area contributed by atoms with Crippen LogP contribution in [0.15, 0.2) is 24.3 Å². The van der Waals surface area contributed by atoms with Crippen LogP contribution in [0.1, 0.15) is 26.3 Å². The van der Waals surface area contributed by atoms with Gasteiger partial charge in [0.2, 0.25) is 0 Å². The lowest BCUT2D eigenvalue weighted by Gasteiger charge is -2.27. The van der Waals surface area contributed by atoms with Gasteiger partial charge in [0.1, 0.15) is 5.82 Å². The van der Waals surface area contributed by atoms with Crippen molar-refractivity contribution in [3.63, 3.8) is 0 Å². The lowest BCUT2D eigenvalue weighted by atomic mass is 9.77. The Bertz CT molecular complexity index is 380. The predicted molar refractivity (Wildman–Crippen MR) is 60.7 cm³/mol. The van der Waals surface area contributed by atoms with Crippen LogP contribution in [0.5, 0.6) is 0 Å². The number of hydrogen-bond donors (Lipinski definition) is 1. The number of hydrogen-bond acceptors (Lipinski definition) is 1. The summed E-state index contributed by atoms with van der Waals surface area (Å²) in [7, 11) is 0. The maximum atomic E-state index is 13.4. The molecule has 2 nitrogen and oxygen atoms in total. The van der Waals surface area contributed by atoms with Crippen LogP contribution >= 0.6 is 0 Å². The summed E-state index contributed by atoms with van der Waals surface area (Å²) in [4.78, 5) is 11.1. The number of carbonyl (C=O) groups is 1. The smallest absolute Gasteiger partial charge is 0.307 e. The first kappa shape index (κ1) is 12.7. The van der Waals surface area contributed by atoms with Gasteiger partial charge in [-0.2, -0.15) is 0 Å². The van der Waals surface area contributed by atoms with Crippen molar-refractivity contribution < 1.29 is 14.3 Å². The molecule has 0 bridgehead atoms. The van der Waals surface area contributed by atoms with Gasteiger partial charge in [-0.3, -0.25) is 4.79 Å². The number of aliphatic carboxylic acids is 1. The van der Waals surface area contributed by atoms with E-state index >= 15 is 0 Å². The highest BCUT2D eigenvalue weighted by Gasteiger charge is 2.31. The van der Waals surface area contributed by atoms with E-state index in [2.05, 4.69) is 0 Å². The van der Waals surface area contributed by atoms with Gasteiger partial charge in [-0.1, -0.05) is 39.0 Å². The lowest BCUT2D eigenvalue weighted by molar-refractivity contribution is -0.145. The van der Waals surface area contributed by atoms with Crippen molar-refractivity contribution in [1.82, 2.24) is 0 Å². The molecule has 16 heavy (non-hydrogen) atoms. The molecule has 0 aliphatic carbocycles. The van der Waals surface area contributed by atoms with Crippen LogP contribution in [0.4, 0.5) is 4.39 Å². The van der Waals surface area contributed by atoms with Gasteiger partial charge in [-0.25, -0.2) is 4.39 Å². The van der Waals surface area contributed by atoms with Gasteiger partial charge in [0, 0.05) is 0 Å². The van der Waals surface area contributed by atoms with Crippen molar-refractivity contribution in [3.8, 4) is 0 Å². The Balaban J connectivity index is 2.94. The first-order valence-corrected chi connectivity index (χ1v) is 5.28. The minimum atomic E-state index is -0.879. The summed E-state index contributed by atoms with van der Waals surface area (Å²) in [6.07, 6.45) is 0.228. The summed E-state index contributed by atoms with van der Waals surface area (Å²) >= 11 is 0. The molecule has 1 aromatic rings. The second-order valence-corrected chi connectivity index (χ2v) is 5.05. The molecular formula is C13H17FO2. The van der Waals surface area contributed by atoms with Crippen molar-refractivity contribution in [3.05, 3.63) is 35.6 Å². The van der Waals surface area contributed by atoms with E-state index in [1.54, 1.807) is 18.2 Å². The zero-order valence-electron chi connectivity index (χ0n) is 9.83. The first-order chi connectivity index (χ1) is 7.32. The van der Waals surface area contributed by atoms with Crippen LogP contribution in [0.3, 0.4) is 0 Å². The van der Waals surface area contributed by atoms with Crippen molar-refractivity contribution >= 4 is 5.97 Å². The first-order valence-electron chi connectivity index (χ1n) is 5.28. The Hall–Kier alpha value is -1.38. The molecule has 0 spiro atoms. The van der Waals surface area contributed by atoms with E-state index < -0.39 is 11.9 Å². The highest BCUT2D eigenvalue weighted by Crippen LogP contribution is 2.29. The Labute approximate surface area is 95.1 Å². The Morgan fingerprint density at radius 1 is 1.38 bits per heavy atom. The average molecular weight is 224 g/mol. The Kier molecular flexibility index (Phi) is 3.68. The number of rotatable bonds is 3. The quantitative estimate of drug-likeness (QED) is 0.856. The molecule has 0 fully saturated rings. The zero-order chi connectivity index (χ0) is 12.3. The fourth-order valence-corrected chi connectivity index (χ4v) is 1.65. The van der Waals surface area contributed by atoms with Gasteiger partial charge < -0.3 is 5.11 Å². The molecule has 3 heteroatoms. The molecule has 0 aliphatic rings. The predicted octanol–water partition coefficient (Wildman–Crippen LogP) is 3.12. The van der Waals surface area contributed by atoms with Crippen LogP contribution < -0.4 is 0 Å². The second kappa shape index (κ2) is 4.64. The number of benzene rings is 1. The monoisotopic (exact) mass is 224 g/mol. The van der Waals surface area contributed by atoms with Gasteiger partial charge in [-0.15, -0.1) is 0 Å². The molecule has 0 amide bonds. The molecule has 0 saturated heterocycles. The van der Waals surface area contributed by atoms with E-state index in [-0.39, 0.29) is 17.7 Å². The molecule has 0 saturated carbocycles. The molecule has 0 aliphatic heterocycles. The van der Waals surface area contributed by atoms with Gasteiger partial charge in [0.25, 0.3) is 0 Å². The summed E-state index contributed by atoms with van der Waals surface area (Å²) in [6, 6.07) is 6.32. The zero-order valence-corrected chi connectivity index (χ0v) is 9.83. The second-order valence-electron chi connectivity index (χ2n) is 5.05. The SMILES string of the molecule is CC(C)(C)C(Cc1ccccc1F)C(=O)O. The standard InChI is InChI=1S/C13H17FO2/c1-13(2,3)10(12(15)16)8-9-6-4-5-7-11(9)14/h4-7,10H,8H2,1-3H3,(H,15,16). The topological polar surface area (TPSA) is 37.3 Å². The van der Waals surface area contributed by atoms with Gasteiger partial charge in [0.15, 0.2) is 0 Å². The van der Waals surface area contributed by atoms with E-state index in [1.807, 2.05) is 20.8 Å². The van der Waals surface area contributed by atoms with Crippen LogP contribution in [0.25, 0.3) is 0 Å². The van der Waals surface area contributed by atoms with E-state index in [1.165, 1.54) is 6.07 Å². The summed E-state index contributed by atoms with van der Waals surface area (Å²) < 4.78 is 13.4. The number of carboxylic acid groups (broad SMARTS) is 1. The van der Waals surface area contributed by atoms with Crippen LogP contribution in [-0.4, -0.2) is 11.1 Å². The van der Waals surface area contributed by atoms with Crippen molar-refractivity contribution in [2.75, 3.05) is 0 Å². The minimum Gasteiger partial charge on any atom is -0.481 e. The summed E-state index contributed by atoms with van der Waals surface area (Å²) in [5, 5.41) is 9.14. The molecule has 1 aromatic carbocycles. The molecule has 0 aromatic heterocycles. The van der Waals surface area contributed by atoms with Gasteiger partial charge in [-0.05, 0) is 23.5 Å². The minimum absolute atomic E-state index is 0.228. The molecule has 1 N–H and O–H groups in total. The average Bonchev–Trinajstić information content (AvgIpc) is 2.14. The molecule has 0 radical (unpaired) electrons. The van der Waals surface area contributed by atoms with E-state index in [0.29, 0.717) is 5.56 Å². The largest absolute Gasteiger partial charge is 0.481 e. The molecule has 1 atom stereocenters. The highest BCUT2D eigenvalue weighted by molar-refractivity contribution is 5.71. The maximum absolute atomic E-state index is 13.4.